The third-order valence-corrected chi connectivity index (χ3v) is 9.97. The van der Waals surface area contributed by atoms with Crippen LogP contribution in [-0.2, 0) is 28.6 Å². The molecule has 0 aromatic rings. The van der Waals surface area contributed by atoms with Crippen LogP contribution in [0, 0.1) is 11.8 Å². The van der Waals surface area contributed by atoms with Crippen LogP contribution in [0.4, 0.5) is 0 Å². The Kier molecular flexibility index (Phi) is 37.0. The van der Waals surface area contributed by atoms with Gasteiger partial charge in [-0.25, -0.2) is 0 Å². The second-order valence-electron chi connectivity index (χ2n) is 16.3. The highest BCUT2D eigenvalue weighted by Gasteiger charge is 2.19. The zero-order chi connectivity index (χ0) is 37.6. The molecule has 302 valence electrons. The van der Waals surface area contributed by atoms with Gasteiger partial charge in [-0.3, -0.25) is 14.4 Å². The van der Waals surface area contributed by atoms with Crippen molar-refractivity contribution >= 4 is 17.9 Å². The molecular formula is C45H86O6. The predicted molar refractivity (Wildman–Crippen MR) is 215 cm³/mol. The lowest BCUT2D eigenvalue weighted by atomic mass is 10.0. The van der Waals surface area contributed by atoms with Gasteiger partial charge in [0.05, 0.1) is 0 Å². The van der Waals surface area contributed by atoms with Gasteiger partial charge in [0.25, 0.3) is 0 Å². The summed E-state index contributed by atoms with van der Waals surface area (Å²) in [5.41, 5.74) is 0. The molecule has 0 rings (SSSR count). The Morgan fingerprint density at radius 2 is 0.647 bits per heavy atom. The largest absolute Gasteiger partial charge is 0.462 e. The fourth-order valence-corrected chi connectivity index (χ4v) is 6.58. The molecule has 0 aromatic carbocycles. The van der Waals surface area contributed by atoms with Gasteiger partial charge in [0.15, 0.2) is 6.10 Å². The molecule has 6 nitrogen and oxygen atoms in total. The van der Waals surface area contributed by atoms with E-state index in [1.807, 2.05) is 0 Å². The molecule has 0 unspecified atom stereocenters. The maximum Gasteiger partial charge on any atom is 0.306 e. The second-order valence-corrected chi connectivity index (χ2v) is 16.3. The standard InChI is InChI=1S/C45H86O6/c1-6-7-8-23-30-35-43(46)49-38-42(51-45(48)37-32-27-22-18-14-13-16-20-25-29-34-41(4)5)39-50-44(47)36-31-26-21-17-12-10-9-11-15-19-24-28-33-40(2)3/h40-42H,6-39H2,1-5H3/t42-/m0/s1. The van der Waals surface area contributed by atoms with Crippen LogP contribution in [0.5, 0.6) is 0 Å². The van der Waals surface area contributed by atoms with Gasteiger partial charge in [-0.1, -0.05) is 202 Å². The first-order chi connectivity index (χ1) is 24.7. The maximum absolute atomic E-state index is 12.6. The Balaban J connectivity index is 4.19. The van der Waals surface area contributed by atoms with E-state index in [0.717, 1.165) is 76.0 Å². The van der Waals surface area contributed by atoms with E-state index in [-0.39, 0.29) is 31.1 Å². The summed E-state index contributed by atoms with van der Waals surface area (Å²) in [6.07, 6.45) is 35.5. The number of hydrogen-bond acceptors (Lipinski definition) is 6. The van der Waals surface area contributed by atoms with Gasteiger partial charge in [-0.15, -0.1) is 0 Å². The molecule has 0 aromatic heterocycles. The number of ether oxygens (including phenoxy) is 3. The molecule has 0 aliphatic heterocycles. The van der Waals surface area contributed by atoms with Crippen molar-refractivity contribution in [2.75, 3.05) is 13.2 Å². The van der Waals surface area contributed by atoms with Gasteiger partial charge in [0.1, 0.15) is 13.2 Å². The summed E-state index contributed by atoms with van der Waals surface area (Å²) in [5.74, 6) is 0.778. The van der Waals surface area contributed by atoms with Crippen LogP contribution in [0.1, 0.15) is 240 Å². The monoisotopic (exact) mass is 723 g/mol. The number of carbonyl (C=O) groups excluding carboxylic acids is 3. The normalized spacial score (nSPS) is 12.1. The topological polar surface area (TPSA) is 78.9 Å². The molecule has 0 spiro atoms. The lowest BCUT2D eigenvalue weighted by Gasteiger charge is -2.18. The van der Waals surface area contributed by atoms with E-state index in [1.54, 1.807) is 0 Å². The minimum absolute atomic E-state index is 0.0659. The summed E-state index contributed by atoms with van der Waals surface area (Å²) in [4.78, 5) is 37.4. The summed E-state index contributed by atoms with van der Waals surface area (Å²) in [5, 5.41) is 0. The van der Waals surface area contributed by atoms with Crippen molar-refractivity contribution in [1.29, 1.82) is 0 Å². The van der Waals surface area contributed by atoms with Crippen LogP contribution in [-0.4, -0.2) is 37.2 Å². The van der Waals surface area contributed by atoms with E-state index < -0.39 is 6.10 Å². The Hall–Kier alpha value is -1.59. The molecule has 51 heavy (non-hydrogen) atoms. The summed E-state index contributed by atoms with van der Waals surface area (Å²) in [6, 6.07) is 0. The fraction of sp³-hybridized carbons (Fsp3) is 0.933. The van der Waals surface area contributed by atoms with E-state index in [1.165, 1.54) is 122 Å². The van der Waals surface area contributed by atoms with Gasteiger partial charge >= 0.3 is 17.9 Å². The Morgan fingerprint density at radius 3 is 0.961 bits per heavy atom. The zero-order valence-electron chi connectivity index (χ0n) is 34.7. The maximum atomic E-state index is 12.6. The molecular weight excluding hydrogens is 636 g/mol. The average molecular weight is 723 g/mol. The highest BCUT2D eigenvalue weighted by atomic mass is 16.6. The van der Waals surface area contributed by atoms with Gasteiger partial charge < -0.3 is 14.2 Å². The molecule has 0 aliphatic carbocycles. The van der Waals surface area contributed by atoms with Crippen molar-refractivity contribution in [1.82, 2.24) is 0 Å². The molecule has 0 amide bonds. The van der Waals surface area contributed by atoms with Crippen LogP contribution < -0.4 is 0 Å². The lowest BCUT2D eigenvalue weighted by Crippen LogP contribution is -2.30. The summed E-state index contributed by atoms with van der Waals surface area (Å²) >= 11 is 0. The SMILES string of the molecule is CCCCCCCC(=O)OC[C@@H](COC(=O)CCCCCCCCCCCCCCC(C)C)OC(=O)CCCCCCCCCCCCC(C)C. The minimum atomic E-state index is -0.758. The molecule has 0 fully saturated rings. The van der Waals surface area contributed by atoms with Gasteiger partial charge in [0.2, 0.25) is 0 Å². The molecule has 1 atom stereocenters. The first-order valence-electron chi connectivity index (χ1n) is 22.2. The Bertz CT molecular complexity index is 779. The van der Waals surface area contributed by atoms with Gasteiger partial charge in [-0.05, 0) is 31.1 Å². The van der Waals surface area contributed by atoms with Crippen molar-refractivity contribution in [3.05, 3.63) is 0 Å². The van der Waals surface area contributed by atoms with Crippen LogP contribution in [0.2, 0.25) is 0 Å². The predicted octanol–water partition coefficient (Wildman–Crippen LogP) is 13.8. The van der Waals surface area contributed by atoms with Gasteiger partial charge in [-0.2, -0.15) is 0 Å². The smallest absolute Gasteiger partial charge is 0.306 e. The van der Waals surface area contributed by atoms with Crippen LogP contribution >= 0.6 is 0 Å². The third-order valence-electron chi connectivity index (χ3n) is 9.97. The van der Waals surface area contributed by atoms with E-state index in [4.69, 9.17) is 14.2 Å². The average Bonchev–Trinajstić information content (AvgIpc) is 3.09. The molecule has 0 N–H and O–H groups in total. The number of carbonyl (C=O) groups is 3. The fourth-order valence-electron chi connectivity index (χ4n) is 6.58. The van der Waals surface area contributed by atoms with Crippen LogP contribution in [0.3, 0.4) is 0 Å². The van der Waals surface area contributed by atoms with Crippen molar-refractivity contribution in [2.24, 2.45) is 11.8 Å². The van der Waals surface area contributed by atoms with Crippen molar-refractivity contribution in [2.45, 2.75) is 246 Å². The van der Waals surface area contributed by atoms with Crippen molar-refractivity contribution in [3.8, 4) is 0 Å². The van der Waals surface area contributed by atoms with E-state index in [0.29, 0.717) is 19.3 Å². The molecule has 6 heteroatoms. The molecule has 0 radical (unpaired) electrons. The van der Waals surface area contributed by atoms with E-state index in [9.17, 15) is 14.4 Å². The zero-order valence-corrected chi connectivity index (χ0v) is 34.7. The molecule has 0 saturated heterocycles. The van der Waals surface area contributed by atoms with Crippen LogP contribution in [0.15, 0.2) is 0 Å². The highest BCUT2D eigenvalue weighted by Crippen LogP contribution is 2.16. The number of unbranched alkanes of at least 4 members (excludes halogenated alkanes) is 24. The highest BCUT2D eigenvalue weighted by molar-refractivity contribution is 5.71. The second kappa shape index (κ2) is 38.1. The molecule has 0 saturated carbocycles. The summed E-state index contributed by atoms with van der Waals surface area (Å²) < 4.78 is 16.6. The number of hydrogen-bond donors (Lipinski definition) is 0. The first kappa shape index (κ1) is 49.4. The summed E-state index contributed by atoms with van der Waals surface area (Å²) in [7, 11) is 0. The van der Waals surface area contributed by atoms with Crippen molar-refractivity contribution in [3.63, 3.8) is 0 Å². The number of rotatable bonds is 39. The Morgan fingerprint density at radius 1 is 0.373 bits per heavy atom. The lowest BCUT2D eigenvalue weighted by molar-refractivity contribution is -0.167. The molecule has 0 aliphatic rings. The Labute approximate surface area is 317 Å². The first-order valence-corrected chi connectivity index (χ1v) is 22.2. The number of esters is 3. The van der Waals surface area contributed by atoms with Crippen LogP contribution in [0.25, 0.3) is 0 Å². The van der Waals surface area contributed by atoms with E-state index in [2.05, 4.69) is 34.6 Å². The molecule has 0 heterocycles. The molecule has 0 bridgehead atoms. The van der Waals surface area contributed by atoms with Crippen molar-refractivity contribution < 1.29 is 28.6 Å². The summed E-state index contributed by atoms with van der Waals surface area (Å²) in [6.45, 7) is 11.2. The third kappa shape index (κ3) is 39.5. The minimum Gasteiger partial charge on any atom is -0.462 e. The van der Waals surface area contributed by atoms with E-state index >= 15 is 0 Å². The quantitative estimate of drug-likeness (QED) is 0.0357. The van der Waals surface area contributed by atoms with Gasteiger partial charge in [0, 0.05) is 19.3 Å².